The second-order valence-electron chi connectivity index (χ2n) is 4.93. The molecule has 21 heavy (non-hydrogen) atoms. The summed E-state index contributed by atoms with van der Waals surface area (Å²) >= 11 is 6.05. The van der Waals surface area contributed by atoms with E-state index in [2.05, 4.69) is 0 Å². The molecule has 3 rings (SSSR count). The molecule has 4 nitrogen and oxygen atoms in total. The van der Waals surface area contributed by atoms with Gasteiger partial charge in [0.1, 0.15) is 23.1 Å². The Bertz CT molecular complexity index is 765. The van der Waals surface area contributed by atoms with Gasteiger partial charge in [0, 0.05) is 5.56 Å². The SMILES string of the molecule is Cc1cc(O)c(Cl)c2c1C=C(c1ccc(O)c(O)c1)CO2. The van der Waals surface area contributed by atoms with Crippen LogP contribution in [0.2, 0.25) is 5.02 Å². The van der Waals surface area contributed by atoms with Gasteiger partial charge in [-0.05, 0) is 47.9 Å². The van der Waals surface area contributed by atoms with Gasteiger partial charge < -0.3 is 20.1 Å². The van der Waals surface area contributed by atoms with E-state index in [9.17, 15) is 15.3 Å². The van der Waals surface area contributed by atoms with E-state index in [4.69, 9.17) is 16.3 Å². The maximum Gasteiger partial charge on any atom is 0.158 e. The summed E-state index contributed by atoms with van der Waals surface area (Å²) in [5.74, 6) is 0.105. The van der Waals surface area contributed by atoms with Gasteiger partial charge in [-0.15, -0.1) is 0 Å². The lowest BCUT2D eigenvalue weighted by Crippen LogP contribution is -2.08. The van der Waals surface area contributed by atoms with Crippen LogP contribution in [0.5, 0.6) is 23.0 Å². The lowest BCUT2D eigenvalue weighted by Gasteiger charge is -2.21. The average molecular weight is 305 g/mol. The summed E-state index contributed by atoms with van der Waals surface area (Å²) in [7, 11) is 0. The number of benzene rings is 2. The van der Waals surface area contributed by atoms with E-state index < -0.39 is 0 Å². The first-order valence-electron chi connectivity index (χ1n) is 6.35. The van der Waals surface area contributed by atoms with Crippen molar-refractivity contribution in [1.82, 2.24) is 0 Å². The van der Waals surface area contributed by atoms with Gasteiger partial charge in [0.15, 0.2) is 11.5 Å². The fourth-order valence-electron chi connectivity index (χ4n) is 2.34. The first-order chi connectivity index (χ1) is 9.97. The first-order valence-corrected chi connectivity index (χ1v) is 6.73. The van der Waals surface area contributed by atoms with Crippen molar-refractivity contribution >= 4 is 23.3 Å². The molecule has 2 aromatic carbocycles. The third-order valence-electron chi connectivity index (χ3n) is 3.48. The molecule has 0 radical (unpaired) electrons. The maximum atomic E-state index is 9.71. The Hall–Kier alpha value is -2.33. The molecule has 0 saturated carbocycles. The van der Waals surface area contributed by atoms with Crippen LogP contribution in [0.3, 0.4) is 0 Å². The highest BCUT2D eigenvalue weighted by atomic mass is 35.5. The smallest absolute Gasteiger partial charge is 0.158 e. The molecule has 0 spiro atoms. The van der Waals surface area contributed by atoms with Gasteiger partial charge in [0.25, 0.3) is 0 Å². The predicted molar refractivity (Wildman–Crippen MR) is 81.0 cm³/mol. The van der Waals surface area contributed by atoms with E-state index >= 15 is 0 Å². The molecular weight excluding hydrogens is 292 g/mol. The molecule has 5 heteroatoms. The molecule has 0 aromatic heterocycles. The summed E-state index contributed by atoms with van der Waals surface area (Å²) in [6.45, 7) is 2.12. The van der Waals surface area contributed by atoms with E-state index in [1.807, 2.05) is 13.0 Å². The number of hydrogen-bond acceptors (Lipinski definition) is 4. The quantitative estimate of drug-likeness (QED) is 0.703. The Morgan fingerprint density at radius 3 is 2.52 bits per heavy atom. The minimum atomic E-state index is -0.181. The van der Waals surface area contributed by atoms with E-state index in [0.29, 0.717) is 5.75 Å². The number of rotatable bonds is 1. The van der Waals surface area contributed by atoms with Crippen LogP contribution in [-0.4, -0.2) is 21.9 Å². The van der Waals surface area contributed by atoms with Crippen molar-refractivity contribution in [2.75, 3.05) is 6.61 Å². The zero-order valence-corrected chi connectivity index (χ0v) is 12.0. The number of aryl methyl sites for hydroxylation is 1. The van der Waals surface area contributed by atoms with Crippen LogP contribution in [0.4, 0.5) is 0 Å². The molecular formula is C16H13ClO4. The number of fused-ring (bicyclic) bond motifs is 1. The Morgan fingerprint density at radius 1 is 1.05 bits per heavy atom. The molecule has 108 valence electrons. The molecule has 2 aromatic rings. The Kier molecular flexibility index (Phi) is 3.18. The van der Waals surface area contributed by atoms with Gasteiger partial charge in [0.2, 0.25) is 0 Å². The van der Waals surface area contributed by atoms with Gasteiger partial charge >= 0.3 is 0 Å². The second kappa shape index (κ2) is 4.90. The van der Waals surface area contributed by atoms with Crippen molar-refractivity contribution in [1.29, 1.82) is 0 Å². The molecule has 1 aliphatic rings. The van der Waals surface area contributed by atoms with Gasteiger partial charge in [-0.25, -0.2) is 0 Å². The summed E-state index contributed by atoms with van der Waals surface area (Å²) in [5.41, 5.74) is 3.24. The lowest BCUT2D eigenvalue weighted by atomic mass is 9.97. The van der Waals surface area contributed by atoms with Crippen LogP contribution < -0.4 is 4.74 Å². The van der Waals surface area contributed by atoms with Gasteiger partial charge in [-0.3, -0.25) is 0 Å². The van der Waals surface area contributed by atoms with Crippen molar-refractivity contribution in [3.63, 3.8) is 0 Å². The van der Waals surface area contributed by atoms with Crippen molar-refractivity contribution in [3.8, 4) is 23.0 Å². The largest absolute Gasteiger partial charge is 0.506 e. The minimum Gasteiger partial charge on any atom is -0.506 e. The van der Waals surface area contributed by atoms with Crippen LogP contribution in [0.15, 0.2) is 24.3 Å². The fraction of sp³-hybridized carbons (Fsp3) is 0.125. The highest BCUT2D eigenvalue weighted by molar-refractivity contribution is 6.34. The van der Waals surface area contributed by atoms with Crippen LogP contribution in [0, 0.1) is 6.92 Å². The number of phenols is 3. The number of phenolic OH excluding ortho intramolecular Hbond substituents is 3. The highest BCUT2D eigenvalue weighted by Crippen LogP contribution is 2.43. The molecule has 0 atom stereocenters. The van der Waals surface area contributed by atoms with Gasteiger partial charge in [-0.2, -0.15) is 0 Å². The number of halogens is 1. The Morgan fingerprint density at radius 2 is 1.81 bits per heavy atom. The van der Waals surface area contributed by atoms with Crippen molar-refractivity contribution in [3.05, 3.63) is 46.0 Å². The van der Waals surface area contributed by atoms with E-state index in [-0.39, 0.29) is 28.9 Å². The topological polar surface area (TPSA) is 69.9 Å². The van der Waals surface area contributed by atoms with Crippen LogP contribution >= 0.6 is 11.6 Å². The summed E-state index contributed by atoms with van der Waals surface area (Å²) < 4.78 is 5.65. The zero-order chi connectivity index (χ0) is 15.1. The minimum absolute atomic E-state index is 0.00737. The molecule has 0 fully saturated rings. The molecule has 0 amide bonds. The molecule has 1 aliphatic heterocycles. The van der Waals surface area contributed by atoms with Crippen molar-refractivity contribution in [2.24, 2.45) is 0 Å². The van der Waals surface area contributed by atoms with Crippen molar-refractivity contribution < 1.29 is 20.1 Å². The average Bonchev–Trinajstić information content (AvgIpc) is 2.47. The molecule has 0 bridgehead atoms. The number of aromatic hydroxyl groups is 3. The van der Waals surface area contributed by atoms with E-state index in [0.717, 1.165) is 22.3 Å². The predicted octanol–water partition coefficient (Wildman–Crippen LogP) is 3.70. The summed E-state index contributed by atoms with van der Waals surface area (Å²) in [5, 5.41) is 28.9. The highest BCUT2D eigenvalue weighted by Gasteiger charge is 2.20. The molecule has 0 aliphatic carbocycles. The summed E-state index contributed by atoms with van der Waals surface area (Å²) in [4.78, 5) is 0. The molecule has 1 heterocycles. The second-order valence-corrected chi connectivity index (χ2v) is 5.31. The number of hydrogen-bond donors (Lipinski definition) is 3. The number of ether oxygens (including phenoxy) is 1. The van der Waals surface area contributed by atoms with Crippen LogP contribution in [-0.2, 0) is 0 Å². The summed E-state index contributed by atoms with van der Waals surface area (Å²) in [6.07, 6.45) is 1.91. The van der Waals surface area contributed by atoms with Gasteiger partial charge in [-0.1, -0.05) is 17.7 Å². The standard InChI is InChI=1S/C16H13ClO4/c1-8-4-14(20)15(17)16-11(8)5-10(7-21-16)9-2-3-12(18)13(19)6-9/h2-6,18-20H,7H2,1H3. The first kappa shape index (κ1) is 13.6. The third kappa shape index (κ3) is 2.28. The molecule has 0 unspecified atom stereocenters. The van der Waals surface area contributed by atoms with Crippen LogP contribution in [0.1, 0.15) is 16.7 Å². The monoisotopic (exact) mass is 304 g/mol. The van der Waals surface area contributed by atoms with Crippen molar-refractivity contribution in [2.45, 2.75) is 6.92 Å². The maximum absolute atomic E-state index is 9.71. The van der Waals surface area contributed by atoms with E-state index in [1.54, 1.807) is 12.1 Å². The lowest BCUT2D eigenvalue weighted by molar-refractivity contribution is 0.362. The molecule has 3 N–H and O–H groups in total. The molecule has 0 saturated heterocycles. The zero-order valence-electron chi connectivity index (χ0n) is 11.2. The summed E-state index contributed by atoms with van der Waals surface area (Å²) in [6, 6.07) is 6.19. The third-order valence-corrected chi connectivity index (χ3v) is 3.85. The normalized spacial score (nSPS) is 13.3. The fourth-order valence-corrected chi connectivity index (χ4v) is 2.55. The van der Waals surface area contributed by atoms with Gasteiger partial charge in [0.05, 0.1) is 0 Å². The Balaban J connectivity index is 2.12. The Labute approximate surface area is 126 Å². The van der Waals surface area contributed by atoms with E-state index in [1.165, 1.54) is 12.1 Å². The van der Waals surface area contributed by atoms with Crippen LogP contribution in [0.25, 0.3) is 11.6 Å².